The molecule has 0 aliphatic carbocycles. The second-order valence-corrected chi connectivity index (χ2v) is 7.12. The Morgan fingerprint density at radius 1 is 1.23 bits per heavy atom. The van der Waals surface area contributed by atoms with Crippen molar-refractivity contribution in [2.45, 2.75) is 33.2 Å². The zero-order valence-corrected chi connectivity index (χ0v) is 14.1. The summed E-state index contributed by atoms with van der Waals surface area (Å²) in [7, 11) is -3.48. The molecule has 3 N–H and O–H groups in total. The van der Waals surface area contributed by atoms with E-state index in [2.05, 4.69) is 25.0 Å². The van der Waals surface area contributed by atoms with Gasteiger partial charge in [-0.2, -0.15) is 15.0 Å². The fourth-order valence-corrected chi connectivity index (χ4v) is 2.25. The first-order valence-corrected chi connectivity index (χ1v) is 8.86. The minimum atomic E-state index is -3.48. The first kappa shape index (κ1) is 18.3. The van der Waals surface area contributed by atoms with Crippen LogP contribution in [0.5, 0.6) is 0 Å². The highest BCUT2D eigenvalue weighted by atomic mass is 32.2. The number of aliphatic hydroxyl groups excluding tert-OH is 1. The van der Waals surface area contributed by atoms with Crippen molar-refractivity contribution >= 4 is 28.0 Å². The molecule has 9 heteroatoms. The second kappa shape index (κ2) is 8.04. The maximum Gasteiger partial charge on any atom is 0.241 e. The van der Waals surface area contributed by atoms with Gasteiger partial charge in [0.05, 0.1) is 18.9 Å². The highest BCUT2D eigenvalue weighted by Gasteiger charge is 2.14. The predicted octanol–water partition coefficient (Wildman–Crippen LogP) is 1.10. The smallest absolute Gasteiger partial charge is 0.241 e. The van der Waals surface area contributed by atoms with E-state index >= 15 is 0 Å². The Hall–Kier alpha value is -1.74. The zero-order chi connectivity index (χ0) is 16.8. The summed E-state index contributed by atoms with van der Waals surface area (Å²) in [5.74, 6) is 0.866. The largest absolute Gasteiger partial charge is 0.394 e. The molecule has 22 heavy (non-hydrogen) atoms. The van der Waals surface area contributed by atoms with Crippen LogP contribution >= 0.6 is 0 Å². The predicted molar refractivity (Wildman–Crippen MR) is 87.0 cm³/mol. The second-order valence-electron chi connectivity index (χ2n) is 5.37. The average molecular weight is 329 g/mol. The number of nitrogens with one attached hydrogen (secondary N) is 2. The summed E-state index contributed by atoms with van der Waals surface area (Å²) in [5.41, 5.74) is 0. The number of aliphatic hydroxyl groups is 1. The molecule has 8 nitrogen and oxygen atoms in total. The molecule has 1 atom stereocenters. The molecule has 0 bridgehead atoms. The van der Waals surface area contributed by atoms with Gasteiger partial charge < -0.3 is 10.4 Å². The molecular formula is C13H23N5O3S. The van der Waals surface area contributed by atoms with Crippen molar-refractivity contribution < 1.29 is 13.5 Å². The van der Waals surface area contributed by atoms with Crippen LogP contribution in [0.25, 0.3) is 6.08 Å². The van der Waals surface area contributed by atoms with Crippen LogP contribution in [0.1, 0.15) is 33.0 Å². The van der Waals surface area contributed by atoms with Gasteiger partial charge in [0.2, 0.25) is 21.9 Å². The molecule has 124 valence electrons. The van der Waals surface area contributed by atoms with Crippen LogP contribution < -0.4 is 10.0 Å². The van der Waals surface area contributed by atoms with Gasteiger partial charge in [0.15, 0.2) is 5.82 Å². The highest BCUT2D eigenvalue weighted by molar-refractivity contribution is 7.91. The lowest BCUT2D eigenvalue weighted by Crippen LogP contribution is -2.27. The molecule has 1 rings (SSSR count). The van der Waals surface area contributed by atoms with E-state index in [0.717, 1.165) is 12.7 Å². The summed E-state index contributed by atoms with van der Waals surface area (Å²) < 4.78 is 24.9. The van der Waals surface area contributed by atoms with Crippen LogP contribution in [0.15, 0.2) is 6.08 Å². The van der Waals surface area contributed by atoms with Gasteiger partial charge >= 0.3 is 0 Å². The molecule has 1 heterocycles. The molecule has 0 aliphatic rings. The Kier molecular flexibility index (Phi) is 6.69. The summed E-state index contributed by atoms with van der Waals surface area (Å²) in [6.45, 7) is 5.81. The van der Waals surface area contributed by atoms with Crippen molar-refractivity contribution in [3.63, 3.8) is 0 Å². The van der Waals surface area contributed by atoms with E-state index in [1.165, 1.54) is 0 Å². The van der Waals surface area contributed by atoms with E-state index in [0.29, 0.717) is 11.7 Å². The van der Waals surface area contributed by atoms with Gasteiger partial charge in [-0.1, -0.05) is 19.9 Å². The molecule has 0 spiro atoms. The summed E-state index contributed by atoms with van der Waals surface area (Å²) in [6, 6.07) is -0.216. The number of hydrogen-bond donors (Lipinski definition) is 3. The van der Waals surface area contributed by atoms with Gasteiger partial charge in [0.25, 0.3) is 0 Å². The Morgan fingerprint density at radius 2 is 1.86 bits per heavy atom. The third-order valence-corrected chi connectivity index (χ3v) is 3.11. The fourth-order valence-electron chi connectivity index (χ4n) is 1.82. The summed E-state index contributed by atoms with van der Waals surface area (Å²) >= 11 is 0. The van der Waals surface area contributed by atoms with Gasteiger partial charge in [-0.25, -0.2) is 8.42 Å². The van der Waals surface area contributed by atoms with E-state index in [1.54, 1.807) is 19.1 Å². The van der Waals surface area contributed by atoms with Crippen molar-refractivity contribution in [3.8, 4) is 0 Å². The average Bonchev–Trinajstić information content (AvgIpc) is 2.35. The quantitative estimate of drug-likeness (QED) is 0.653. The summed E-state index contributed by atoms with van der Waals surface area (Å²) in [4.78, 5) is 12.2. The Labute approximate surface area is 131 Å². The van der Waals surface area contributed by atoms with Gasteiger partial charge in [-0.15, -0.1) is 0 Å². The van der Waals surface area contributed by atoms with Crippen molar-refractivity contribution in [1.82, 2.24) is 15.0 Å². The minimum absolute atomic E-state index is 0.0608. The number of rotatable bonds is 8. The number of nitrogens with zero attached hydrogens (tertiary/aromatic N) is 3. The number of aromatic nitrogens is 3. The Bertz CT molecular complexity index is 616. The molecule has 1 aromatic rings. The molecule has 1 aromatic heterocycles. The van der Waals surface area contributed by atoms with Gasteiger partial charge in [0.1, 0.15) is 0 Å². The lowest BCUT2D eigenvalue weighted by atomic mass is 10.0. The zero-order valence-electron chi connectivity index (χ0n) is 13.2. The van der Waals surface area contributed by atoms with Gasteiger partial charge in [-0.3, -0.25) is 4.72 Å². The molecule has 0 fully saturated rings. The van der Waals surface area contributed by atoms with Crippen molar-refractivity contribution in [1.29, 1.82) is 0 Å². The monoisotopic (exact) mass is 329 g/mol. The van der Waals surface area contributed by atoms with E-state index in [1.807, 2.05) is 13.8 Å². The topological polar surface area (TPSA) is 117 Å². The normalized spacial score (nSPS) is 13.5. The Morgan fingerprint density at radius 3 is 2.36 bits per heavy atom. The first-order chi connectivity index (χ1) is 10.2. The fraction of sp³-hybridized carbons (Fsp3) is 0.615. The highest BCUT2D eigenvalue weighted by Crippen LogP contribution is 2.12. The SMILES string of the molecule is CC=Cc1nc(NC(CO)CC(C)C)nc(NS(C)(=O)=O)n1. The van der Waals surface area contributed by atoms with Crippen LogP contribution in [0.4, 0.5) is 11.9 Å². The number of allylic oxidation sites excluding steroid dienone is 1. The van der Waals surface area contributed by atoms with Crippen LogP contribution in [0.3, 0.4) is 0 Å². The molecule has 1 unspecified atom stereocenters. The summed E-state index contributed by atoms with van der Waals surface area (Å²) in [6.07, 6.45) is 5.13. The molecule has 0 saturated heterocycles. The number of sulfonamides is 1. The van der Waals surface area contributed by atoms with E-state index in [9.17, 15) is 13.5 Å². The maximum absolute atomic E-state index is 11.3. The number of hydrogen-bond acceptors (Lipinski definition) is 7. The first-order valence-electron chi connectivity index (χ1n) is 6.97. The third-order valence-electron chi connectivity index (χ3n) is 2.55. The van der Waals surface area contributed by atoms with Crippen molar-refractivity contribution in [3.05, 3.63) is 11.9 Å². The lowest BCUT2D eigenvalue weighted by molar-refractivity contribution is 0.259. The molecule has 0 amide bonds. The third kappa shape index (κ3) is 6.81. The van der Waals surface area contributed by atoms with Gasteiger partial charge in [-0.05, 0) is 25.3 Å². The molecule has 0 aliphatic heterocycles. The van der Waals surface area contributed by atoms with Crippen molar-refractivity contribution in [2.24, 2.45) is 5.92 Å². The summed E-state index contributed by atoms with van der Waals surface area (Å²) in [5, 5.41) is 12.4. The lowest BCUT2D eigenvalue weighted by Gasteiger charge is -2.18. The van der Waals surface area contributed by atoms with Crippen LogP contribution in [0, 0.1) is 5.92 Å². The molecule has 0 aromatic carbocycles. The van der Waals surface area contributed by atoms with E-state index in [-0.39, 0.29) is 24.5 Å². The van der Waals surface area contributed by atoms with Crippen LogP contribution in [-0.4, -0.2) is 47.4 Å². The minimum Gasteiger partial charge on any atom is -0.394 e. The molecular weight excluding hydrogens is 306 g/mol. The van der Waals surface area contributed by atoms with Crippen LogP contribution in [0.2, 0.25) is 0 Å². The maximum atomic E-state index is 11.3. The van der Waals surface area contributed by atoms with E-state index in [4.69, 9.17) is 0 Å². The van der Waals surface area contributed by atoms with Crippen LogP contribution in [-0.2, 0) is 10.0 Å². The standard InChI is InChI=1S/C13H23N5O3S/c1-5-6-11-15-12(14-10(8-19)7-9(2)3)17-13(16-11)18-22(4,20)21/h5-6,9-10,19H,7-8H2,1-4H3,(H2,14,15,16,17,18). The number of anilines is 2. The molecule has 0 saturated carbocycles. The van der Waals surface area contributed by atoms with E-state index < -0.39 is 10.0 Å². The Balaban J connectivity index is 3.06. The van der Waals surface area contributed by atoms with Crippen molar-refractivity contribution in [2.75, 3.05) is 22.9 Å². The van der Waals surface area contributed by atoms with Gasteiger partial charge in [0, 0.05) is 0 Å². The molecule has 0 radical (unpaired) electrons.